The van der Waals surface area contributed by atoms with E-state index in [4.69, 9.17) is 29.0 Å². The zero-order valence-electron chi connectivity index (χ0n) is 11.2. The number of nitrogens with zero attached hydrogens (tertiary/aromatic N) is 3. The van der Waals surface area contributed by atoms with E-state index >= 15 is 0 Å². The first kappa shape index (κ1) is 15.3. The highest BCUT2D eigenvalue weighted by Crippen LogP contribution is 2.22. The van der Waals surface area contributed by atoms with Gasteiger partial charge >= 0.3 is 0 Å². The van der Waals surface area contributed by atoms with E-state index in [1.807, 2.05) is 23.7 Å². The zero-order valence-corrected chi connectivity index (χ0v) is 12.7. The number of aromatic nitrogens is 3. The van der Waals surface area contributed by atoms with Crippen LogP contribution in [-0.2, 0) is 19.4 Å². The molecule has 0 fully saturated rings. The van der Waals surface area contributed by atoms with E-state index < -0.39 is 0 Å². The highest BCUT2D eigenvalue weighted by atomic mass is 35.5. The summed E-state index contributed by atoms with van der Waals surface area (Å²) in [6, 6.07) is 5.51. The predicted octanol–water partition coefficient (Wildman–Crippen LogP) is 2.22. The van der Waals surface area contributed by atoms with E-state index in [9.17, 15) is 0 Å². The molecule has 3 N–H and O–H groups in total. The Kier molecular flexibility index (Phi) is 5.37. The lowest BCUT2D eigenvalue weighted by Crippen LogP contribution is -2.39. The van der Waals surface area contributed by atoms with Gasteiger partial charge in [-0.05, 0) is 31.0 Å². The van der Waals surface area contributed by atoms with Crippen molar-refractivity contribution in [3.05, 3.63) is 46.0 Å². The zero-order chi connectivity index (χ0) is 14.5. The standard InChI is InChI=1S/C13H17Cl2N5/c1-2-20-13(17-8-18-20)7-11(19-16)5-9-3-4-10(14)6-12(9)15/h3-4,6,8,11,19H,2,5,7,16H2,1H3. The van der Waals surface area contributed by atoms with Crippen molar-refractivity contribution < 1.29 is 0 Å². The Bertz CT molecular complexity index is 570. The van der Waals surface area contributed by atoms with Crippen LogP contribution in [0.2, 0.25) is 10.0 Å². The molecule has 0 bridgehead atoms. The molecule has 7 heteroatoms. The van der Waals surface area contributed by atoms with Crippen molar-refractivity contribution in [2.75, 3.05) is 0 Å². The number of hydrazine groups is 1. The van der Waals surface area contributed by atoms with Crippen LogP contribution in [-0.4, -0.2) is 20.8 Å². The average Bonchev–Trinajstić information content (AvgIpc) is 2.88. The van der Waals surface area contributed by atoms with E-state index in [0.717, 1.165) is 17.9 Å². The van der Waals surface area contributed by atoms with Crippen molar-refractivity contribution in [3.8, 4) is 0 Å². The highest BCUT2D eigenvalue weighted by Gasteiger charge is 2.14. The summed E-state index contributed by atoms with van der Waals surface area (Å²) in [7, 11) is 0. The van der Waals surface area contributed by atoms with Crippen LogP contribution in [0, 0.1) is 0 Å². The summed E-state index contributed by atoms with van der Waals surface area (Å²) >= 11 is 12.1. The number of nitrogens with one attached hydrogen (secondary N) is 1. The lowest BCUT2D eigenvalue weighted by Gasteiger charge is -2.16. The van der Waals surface area contributed by atoms with Gasteiger partial charge in [-0.2, -0.15) is 5.10 Å². The summed E-state index contributed by atoms with van der Waals surface area (Å²) in [4.78, 5) is 4.26. The van der Waals surface area contributed by atoms with E-state index in [-0.39, 0.29) is 6.04 Å². The smallest absolute Gasteiger partial charge is 0.138 e. The number of aryl methyl sites for hydroxylation is 1. The summed E-state index contributed by atoms with van der Waals surface area (Å²) in [5.41, 5.74) is 3.81. The Morgan fingerprint density at radius 3 is 2.80 bits per heavy atom. The Morgan fingerprint density at radius 1 is 1.35 bits per heavy atom. The molecule has 108 valence electrons. The summed E-state index contributed by atoms with van der Waals surface area (Å²) < 4.78 is 1.85. The summed E-state index contributed by atoms with van der Waals surface area (Å²) in [5.74, 6) is 6.54. The number of benzene rings is 1. The molecule has 0 aliphatic carbocycles. The number of hydrogen-bond donors (Lipinski definition) is 2. The van der Waals surface area contributed by atoms with Crippen molar-refractivity contribution >= 4 is 23.2 Å². The molecule has 1 aromatic heterocycles. The minimum atomic E-state index is 0.0307. The van der Waals surface area contributed by atoms with Crippen LogP contribution in [0.1, 0.15) is 18.3 Å². The lowest BCUT2D eigenvalue weighted by atomic mass is 10.0. The van der Waals surface area contributed by atoms with Gasteiger partial charge in [-0.1, -0.05) is 29.3 Å². The fraction of sp³-hybridized carbons (Fsp3) is 0.385. The van der Waals surface area contributed by atoms with Gasteiger partial charge in [0, 0.05) is 29.1 Å². The normalized spacial score (nSPS) is 12.6. The number of rotatable bonds is 6. The maximum absolute atomic E-state index is 6.18. The van der Waals surface area contributed by atoms with E-state index in [1.54, 1.807) is 12.4 Å². The van der Waals surface area contributed by atoms with Crippen molar-refractivity contribution in [1.82, 2.24) is 20.2 Å². The molecule has 0 spiro atoms. The molecule has 0 aliphatic rings. The molecule has 0 aliphatic heterocycles. The van der Waals surface area contributed by atoms with E-state index in [2.05, 4.69) is 15.5 Å². The number of halogens is 2. The third-order valence-corrected chi connectivity index (χ3v) is 3.73. The Balaban J connectivity index is 2.09. The van der Waals surface area contributed by atoms with Crippen LogP contribution in [0.3, 0.4) is 0 Å². The fourth-order valence-electron chi connectivity index (χ4n) is 2.07. The first-order valence-electron chi connectivity index (χ1n) is 6.40. The molecule has 0 radical (unpaired) electrons. The van der Waals surface area contributed by atoms with Crippen LogP contribution < -0.4 is 11.3 Å². The maximum Gasteiger partial charge on any atom is 0.138 e. The van der Waals surface area contributed by atoms with Gasteiger partial charge in [0.2, 0.25) is 0 Å². The fourth-order valence-corrected chi connectivity index (χ4v) is 2.56. The molecule has 5 nitrogen and oxygen atoms in total. The van der Waals surface area contributed by atoms with Crippen LogP contribution in [0.4, 0.5) is 0 Å². The Labute approximate surface area is 128 Å². The molecule has 1 heterocycles. The van der Waals surface area contributed by atoms with Crippen LogP contribution in [0.25, 0.3) is 0 Å². The van der Waals surface area contributed by atoms with Gasteiger partial charge in [0.05, 0.1) is 0 Å². The van der Waals surface area contributed by atoms with Crippen molar-refractivity contribution in [1.29, 1.82) is 0 Å². The van der Waals surface area contributed by atoms with Crippen molar-refractivity contribution in [2.24, 2.45) is 5.84 Å². The van der Waals surface area contributed by atoms with Crippen LogP contribution in [0.15, 0.2) is 24.5 Å². The summed E-state index contributed by atoms with van der Waals surface area (Å²) in [6.07, 6.45) is 2.94. The van der Waals surface area contributed by atoms with Crippen molar-refractivity contribution in [2.45, 2.75) is 32.4 Å². The topological polar surface area (TPSA) is 68.8 Å². The summed E-state index contributed by atoms with van der Waals surface area (Å²) in [6.45, 7) is 2.81. The van der Waals surface area contributed by atoms with Crippen LogP contribution >= 0.6 is 23.2 Å². The van der Waals surface area contributed by atoms with Gasteiger partial charge in [-0.15, -0.1) is 0 Å². The molecule has 0 amide bonds. The quantitative estimate of drug-likeness (QED) is 0.634. The third-order valence-electron chi connectivity index (χ3n) is 3.14. The van der Waals surface area contributed by atoms with Gasteiger partial charge in [0.25, 0.3) is 0 Å². The molecule has 2 aromatic rings. The second-order valence-corrected chi connectivity index (χ2v) is 5.34. The van der Waals surface area contributed by atoms with Gasteiger partial charge in [-0.3, -0.25) is 16.0 Å². The van der Waals surface area contributed by atoms with Gasteiger partial charge in [0.1, 0.15) is 12.2 Å². The molecule has 1 aromatic carbocycles. The molecule has 2 rings (SSSR count). The third kappa shape index (κ3) is 3.70. The van der Waals surface area contributed by atoms with Gasteiger partial charge in [-0.25, -0.2) is 4.98 Å². The monoisotopic (exact) mass is 313 g/mol. The largest absolute Gasteiger partial charge is 0.271 e. The Morgan fingerprint density at radius 2 is 2.15 bits per heavy atom. The molecule has 1 unspecified atom stereocenters. The average molecular weight is 314 g/mol. The minimum Gasteiger partial charge on any atom is -0.271 e. The lowest BCUT2D eigenvalue weighted by molar-refractivity contribution is 0.490. The molecular formula is C13H17Cl2N5. The predicted molar refractivity (Wildman–Crippen MR) is 80.7 cm³/mol. The minimum absolute atomic E-state index is 0.0307. The van der Waals surface area contributed by atoms with E-state index in [1.165, 1.54) is 0 Å². The summed E-state index contributed by atoms with van der Waals surface area (Å²) in [5, 5.41) is 5.43. The molecule has 0 saturated carbocycles. The molecule has 0 saturated heterocycles. The maximum atomic E-state index is 6.18. The van der Waals surface area contributed by atoms with E-state index in [0.29, 0.717) is 22.9 Å². The second kappa shape index (κ2) is 7.04. The second-order valence-electron chi connectivity index (χ2n) is 4.50. The highest BCUT2D eigenvalue weighted by molar-refractivity contribution is 6.35. The van der Waals surface area contributed by atoms with Crippen LogP contribution in [0.5, 0.6) is 0 Å². The van der Waals surface area contributed by atoms with Crippen molar-refractivity contribution in [3.63, 3.8) is 0 Å². The number of nitrogens with two attached hydrogens (primary N) is 1. The van der Waals surface area contributed by atoms with Gasteiger partial charge < -0.3 is 0 Å². The first-order valence-corrected chi connectivity index (χ1v) is 7.16. The first-order chi connectivity index (χ1) is 9.63. The Hall–Kier alpha value is -1.14. The molecular weight excluding hydrogens is 297 g/mol. The SMILES string of the molecule is CCn1ncnc1CC(Cc1ccc(Cl)cc1Cl)NN. The molecule has 1 atom stereocenters. The van der Waals surface area contributed by atoms with Gasteiger partial charge in [0.15, 0.2) is 0 Å². The number of hydrogen-bond acceptors (Lipinski definition) is 4. The molecule has 20 heavy (non-hydrogen) atoms.